The molecule has 0 unspecified atom stereocenters. The van der Waals surface area contributed by atoms with Crippen molar-refractivity contribution in [2.24, 2.45) is 0 Å². The molecule has 0 heterocycles. The van der Waals surface area contributed by atoms with Crippen LogP contribution in [0.4, 0.5) is 0 Å². The number of benzene rings is 1. The maximum absolute atomic E-state index is 12.5. The fraction of sp³-hybridized carbons (Fsp3) is 0.562. The van der Waals surface area contributed by atoms with E-state index in [9.17, 15) is 4.79 Å². The Morgan fingerprint density at radius 1 is 1.32 bits per heavy atom. The molecular weight excluding hydrogens is 236 g/mol. The van der Waals surface area contributed by atoms with Gasteiger partial charge in [-0.15, -0.1) is 0 Å². The second kappa shape index (κ2) is 5.74. The van der Waals surface area contributed by atoms with Gasteiger partial charge in [0.15, 0.2) is 0 Å². The maximum atomic E-state index is 12.5. The van der Waals surface area contributed by atoms with Crippen LogP contribution in [0.15, 0.2) is 30.3 Å². The Hall–Kier alpha value is -1.35. The molecule has 1 aliphatic carbocycles. The number of hydrogen-bond donors (Lipinski definition) is 1. The molecule has 1 N–H and O–H groups in total. The average molecular weight is 260 g/mol. The number of hydrogen-bond acceptors (Lipinski definition) is 2. The van der Waals surface area contributed by atoms with Gasteiger partial charge < -0.3 is 10.2 Å². The van der Waals surface area contributed by atoms with Crippen LogP contribution in [0.5, 0.6) is 0 Å². The van der Waals surface area contributed by atoms with Crippen molar-refractivity contribution < 1.29 is 4.79 Å². The van der Waals surface area contributed by atoms with Gasteiger partial charge in [-0.3, -0.25) is 4.79 Å². The summed E-state index contributed by atoms with van der Waals surface area (Å²) in [6.07, 6.45) is 3.04. The average Bonchev–Trinajstić information content (AvgIpc) is 3.09. The highest BCUT2D eigenvalue weighted by atomic mass is 16.2. The van der Waals surface area contributed by atoms with E-state index in [0.717, 1.165) is 31.4 Å². The predicted molar refractivity (Wildman–Crippen MR) is 78.1 cm³/mol. The zero-order valence-electron chi connectivity index (χ0n) is 12.1. The van der Waals surface area contributed by atoms with Crippen molar-refractivity contribution in [3.05, 3.63) is 35.9 Å². The van der Waals surface area contributed by atoms with E-state index in [1.165, 1.54) is 0 Å². The first-order valence-electron chi connectivity index (χ1n) is 7.08. The van der Waals surface area contributed by atoms with Crippen LogP contribution < -0.4 is 5.32 Å². The van der Waals surface area contributed by atoms with Gasteiger partial charge in [0, 0.05) is 6.54 Å². The first kappa shape index (κ1) is 14.1. The molecule has 1 aromatic rings. The monoisotopic (exact) mass is 260 g/mol. The number of carbonyl (C=O) groups excluding carboxylic acids is 1. The third-order valence-electron chi connectivity index (χ3n) is 3.79. The molecular formula is C16H24N2O. The molecule has 0 spiro atoms. The Balaban J connectivity index is 2.02. The van der Waals surface area contributed by atoms with E-state index >= 15 is 0 Å². The zero-order valence-corrected chi connectivity index (χ0v) is 12.1. The highest BCUT2D eigenvalue weighted by Crippen LogP contribution is 2.36. The van der Waals surface area contributed by atoms with E-state index < -0.39 is 0 Å². The fourth-order valence-corrected chi connectivity index (χ4v) is 2.69. The van der Waals surface area contributed by atoms with Crippen LogP contribution in [0.3, 0.4) is 0 Å². The lowest BCUT2D eigenvalue weighted by molar-refractivity contribution is -0.123. The van der Waals surface area contributed by atoms with Gasteiger partial charge >= 0.3 is 0 Å². The van der Waals surface area contributed by atoms with Gasteiger partial charge in [-0.05, 0) is 38.9 Å². The van der Waals surface area contributed by atoms with Crippen LogP contribution in [0.25, 0.3) is 0 Å². The molecule has 1 saturated carbocycles. The SMILES string of the molecule is CC[C@@H](C(=O)NC1(CN(C)C)CC1)c1ccccc1. The van der Waals surface area contributed by atoms with E-state index in [0.29, 0.717) is 0 Å². The molecule has 1 amide bonds. The Morgan fingerprint density at radius 3 is 2.42 bits per heavy atom. The van der Waals surface area contributed by atoms with Crippen molar-refractivity contribution in [1.82, 2.24) is 10.2 Å². The van der Waals surface area contributed by atoms with E-state index in [1.807, 2.05) is 30.3 Å². The first-order chi connectivity index (χ1) is 9.06. The van der Waals surface area contributed by atoms with Gasteiger partial charge in [0.05, 0.1) is 11.5 Å². The third kappa shape index (κ3) is 3.57. The topological polar surface area (TPSA) is 32.3 Å². The van der Waals surface area contributed by atoms with Crippen LogP contribution in [-0.4, -0.2) is 37.0 Å². The van der Waals surface area contributed by atoms with Gasteiger partial charge in [0.1, 0.15) is 0 Å². The first-order valence-corrected chi connectivity index (χ1v) is 7.08. The van der Waals surface area contributed by atoms with E-state index in [1.54, 1.807) is 0 Å². The van der Waals surface area contributed by atoms with Gasteiger partial charge in [-0.25, -0.2) is 0 Å². The minimum Gasteiger partial charge on any atom is -0.349 e. The van der Waals surface area contributed by atoms with E-state index in [-0.39, 0.29) is 17.4 Å². The van der Waals surface area contributed by atoms with Crippen LogP contribution in [0, 0.1) is 0 Å². The smallest absolute Gasteiger partial charge is 0.228 e. The van der Waals surface area contributed by atoms with Crippen molar-refractivity contribution in [1.29, 1.82) is 0 Å². The molecule has 0 bridgehead atoms. The standard InChI is InChI=1S/C16H24N2O/c1-4-14(13-8-6-5-7-9-13)15(19)17-16(10-11-16)12-18(2)3/h5-9,14H,4,10-12H2,1-3H3,(H,17,19)/t14-/m1/s1. The van der Waals surface area contributed by atoms with Crippen LogP contribution >= 0.6 is 0 Å². The summed E-state index contributed by atoms with van der Waals surface area (Å²) in [6, 6.07) is 10.1. The molecule has 19 heavy (non-hydrogen) atoms. The van der Waals surface area contributed by atoms with Crippen LogP contribution in [0.2, 0.25) is 0 Å². The summed E-state index contributed by atoms with van der Waals surface area (Å²) in [7, 11) is 4.11. The van der Waals surface area contributed by atoms with Gasteiger partial charge in [-0.2, -0.15) is 0 Å². The van der Waals surface area contributed by atoms with Gasteiger partial charge in [0.2, 0.25) is 5.91 Å². The molecule has 2 rings (SSSR count). The number of carbonyl (C=O) groups is 1. The summed E-state index contributed by atoms with van der Waals surface area (Å²) in [5, 5.41) is 3.27. The second-order valence-electron chi connectivity index (χ2n) is 5.88. The number of rotatable bonds is 6. The Kier molecular flexibility index (Phi) is 4.25. The molecule has 0 radical (unpaired) electrons. The minimum absolute atomic E-state index is 0.0270. The Bertz CT molecular complexity index is 424. The Morgan fingerprint density at radius 2 is 1.95 bits per heavy atom. The molecule has 1 atom stereocenters. The van der Waals surface area contributed by atoms with Crippen molar-refractivity contribution >= 4 is 5.91 Å². The molecule has 1 aliphatic rings. The lowest BCUT2D eigenvalue weighted by Gasteiger charge is -2.24. The zero-order chi connectivity index (χ0) is 13.9. The Labute approximate surface area is 116 Å². The summed E-state index contributed by atoms with van der Waals surface area (Å²) in [6.45, 7) is 3.01. The molecule has 3 nitrogen and oxygen atoms in total. The normalized spacial score (nSPS) is 18.1. The molecule has 0 saturated heterocycles. The quantitative estimate of drug-likeness (QED) is 0.852. The molecule has 104 valence electrons. The second-order valence-corrected chi connectivity index (χ2v) is 5.88. The van der Waals surface area contributed by atoms with Crippen LogP contribution in [0.1, 0.15) is 37.7 Å². The largest absolute Gasteiger partial charge is 0.349 e. The molecule has 1 fully saturated rings. The lowest BCUT2D eigenvalue weighted by atomic mass is 9.95. The molecule has 0 aromatic heterocycles. The number of nitrogens with one attached hydrogen (secondary N) is 1. The minimum atomic E-state index is -0.0270. The maximum Gasteiger partial charge on any atom is 0.228 e. The summed E-state index contributed by atoms with van der Waals surface area (Å²) < 4.78 is 0. The fourth-order valence-electron chi connectivity index (χ4n) is 2.69. The summed E-state index contributed by atoms with van der Waals surface area (Å²) in [4.78, 5) is 14.6. The number of likely N-dealkylation sites (N-methyl/N-ethyl adjacent to an activating group) is 1. The van der Waals surface area contributed by atoms with Crippen molar-refractivity contribution in [2.45, 2.75) is 37.6 Å². The molecule has 1 aromatic carbocycles. The van der Waals surface area contributed by atoms with Crippen LogP contribution in [-0.2, 0) is 4.79 Å². The third-order valence-corrected chi connectivity index (χ3v) is 3.79. The summed E-state index contributed by atoms with van der Waals surface area (Å²) in [5.41, 5.74) is 1.14. The van der Waals surface area contributed by atoms with Gasteiger partial charge in [0.25, 0.3) is 0 Å². The lowest BCUT2D eigenvalue weighted by Crippen LogP contribution is -2.45. The summed E-state index contributed by atoms with van der Waals surface area (Å²) >= 11 is 0. The predicted octanol–water partition coefficient (Wildman–Crippen LogP) is 2.39. The van der Waals surface area contributed by atoms with Crippen molar-refractivity contribution in [3.63, 3.8) is 0 Å². The van der Waals surface area contributed by atoms with E-state index in [2.05, 4.69) is 31.2 Å². The van der Waals surface area contributed by atoms with Crippen molar-refractivity contribution in [2.75, 3.05) is 20.6 Å². The summed E-state index contributed by atoms with van der Waals surface area (Å²) in [5.74, 6) is 0.147. The highest BCUT2D eigenvalue weighted by Gasteiger charge is 2.45. The molecule has 3 heteroatoms. The molecule has 0 aliphatic heterocycles. The number of amides is 1. The van der Waals surface area contributed by atoms with Crippen molar-refractivity contribution in [3.8, 4) is 0 Å². The number of nitrogens with zero attached hydrogens (tertiary/aromatic N) is 1. The highest BCUT2D eigenvalue weighted by molar-refractivity contribution is 5.84. The van der Waals surface area contributed by atoms with Gasteiger partial charge in [-0.1, -0.05) is 37.3 Å². The van der Waals surface area contributed by atoms with E-state index in [4.69, 9.17) is 0 Å².